The van der Waals surface area contributed by atoms with Crippen molar-refractivity contribution in [2.24, 2.45) is 0 Å². The van der Waals surface area contributed by atoms with E-state index in [9.17, 15) is 19.5 Å². The molecule has 2 atom stereocenters. The number of unbranched alkanes of at least 4 members (excludes halogenated alkanes) is 1. The molecule has 8 nitrogen and oxygen atoms in total. The van der Waals surface area contributed by atoms with Gasteiger partial charge in [0.25, 0.3) is 0 Å². The molecule has 0 aliphatic carbocycles. The summed E-state index contributed by atoms with van der Waals surface area (Å²) in [6.45, 7) is 1.90. The molecule has 0 aromatic heterocycles. The minimum absolute atomic E-state index is 0.146. The van der Waals surface area contributed by atoms with Crippen molar-refractivity contribution in [3.8, 4) is 0 Å². The van der Waals surface area contributed by atoms with Crippen LogP contribution in [0.4, 0.5) is 0 Å². The summed E-state index contributed by atoms with van der Waals surface area (Å²) in [5.41, 5.74) is 8.14. The molecule has 0 radical (unpaired) electrons. The van der Waals surface area contributed by atoms with Crippen molar-refractivity contribution in [1.82, 2.24) is 5.32 Å². The summed E-state index contributed by atoms with van der Waals surface area (Å²) in [6.07, 6.45) is 0.784. The van der Waals surface area contributed by atoms with Crippen LogP contribution in [0.3, 0.4) is 0 Å². The number of nitrogens with zero attached hydrogens (tertiary/aromatic N) is 2. The van der Waals surface area contributed by atoms with Crippen LogP contribution in [-0.4, -0.2) is 51.0 Å². The van der Waals surface area contributed by atoms with Gasteiger partial charge in [0.1, 0.15) is 12.1 Å². The van der Waals surface area contributed by atoms with Crippen molar-refractivity contribution in [3.05, 3.63) is 5.53 Å². The number of carbonyl (C=O) groups excluding carboxylic acids is 2. The fraction of sp³-hybridized carbons (Fsp3) is 0.667. The summed E-state index contributed by atoms with van der Waals surface area (Å²) in [7, 11) is 0. The van der Waals surface area contributed by atoms with Gasteiger partial charge < -0.3 is 21.1 Å². The minimum atomic E-state index is -1.30. The molecule has 112 valence electrons. The number of Topliss-reactive ketones (excluding diaryl/α,β-unsaturated/α-hetero) is 1. The van der Waals surface area contributed by atoms with E-state index in [2.05, 4.69) is 10.1 Å². The van der Waals surface area contributed by atoms with Crippen molar-refractivity contribution in [3.63, 3.8) is 0 Å². The van der Waals surface area contributed by atoms with Crippen LogP contribution in [0.25, 0.3) is 5.53 Å². The molecule has 0 aromatic rings. The van der Waals surface area contributed by atoms with Crippen molar-refractivity contribution in [2.45, 2.75) is 51.2 Å². The first-order valence-corrected chi connectivity index (χ1v) is 6.33. The van der Waals surface area contributed by atoms with E-state index in [1.165, 1.54) is 0 Å². The standard InChI is InChI=1S/C12H19N3O5/c1-2-3-4-10(17)11(18)15-9(12(19)20)6-5-8(16)7-14-13/h7,9-10,17H,2-6H2,1H3,(H,15,18)(H,19,20)/t9-,10-/m0/s1. The van der Waals surface area contributed by atoms with E-state index < -0.39 is 29.8 Å². The number of hydrogen-bond acceptors (Lipinski definition) is 4. The SMILES string of the molecule is CCCC[C@H](O)C(=O)N[C@@H](CCC(=O)C=[N+]=[N-])C(=O)O. The molecule has 0 unspecified atom stereocenters. The third-order valence-electron chi connectivity index (χ3n) is 2.63. The highest BCUT2D eigenvalue weighted by Gasteiger charge is 2.24. The van der Waals surface area contributed by atoms with Crippen LogP contribution in [0.1, 0.15) is 39.0 Å². The molecule has 0 aliphatic rings. The molecule has 0 aromatic carbocycles. The largest absolute Gasteiger partial charge is 0.480 e. The van der Waals surface area contributed by atoms with Crippen LogP contribution < -0.4 is 5.32 Å². The molecule has 1 amide bonds. The molecule has 0 saturated heterocycles. The number of carbonyl (C=O) groups is 3. The smallest absolute Gasteiger partial charge is 0.326 e. The first kappa shape index (κ1) is 17.9. The molecule has 20 heavy (non-hydrogen) atoms. The second-order valence-electron chi connectivity index (χ2n) is 4.31. The van der Waals surface area contributed by atoms with Gasteiger partial charge in [0.15, 0.2) is 0 Å². The van der Waals surface area contributed by atoms with Gasteiger partial charge >= 0.3 is 12.2 Å². The Morgan fingerprint density at radius 3 is 2.50 bits per heavy atom. The van der Waals surface area contributed by atoms with Gasteiger partial charge in [0.2, 0.25) is 11.7 Å². The third-order valence-corrected chi connectivity index (χ3v) is 2.63. The van der Waals surface area contributed by atoms with Gasteiger partial charge in [0.05, 0.1) is 0 Å². The average Bonchev–Trinajstić information content (AvgIpc) is 2.40. The number of amides is 1. The monoisotopic (exact) mass is 285 g/mol. The van der Waals surface area contributed by atoms with E-state index in [-0.39, 0.29) is 19.3 Å². The molecule has 0 fully saturated rings. The number of ketones is 1. The van der Waals surface area contributed by atoms with E-state index in [4.69, 9.17) is 10.6 Å². The molecule has 0 bridgehead atoms. The lowest BCUT2D eigenvalue weighted by atomic mass is 10.1. The predicted octanol–water partition coefficient (Wildman–Crippen LogP) is -0.243. The zero-order valence-corrected chi connectivity index (χ0v) is 11.3. The highest BCUT2D eigenvalue weighted by molar-refractivity contribution is 6.25. The van der Waals surface area contributed by atoms with E-state index in [0.29, 0.717) is 12.6 Å². The highest BCUT2D eigenvalue weighted by atomic mass is 16.4. The second-order valence-corrected chi connectivity index (χ2v) is 4.31. The number of carboxylic acid groups (broad SMARTS) is 1. The van der Waals surface area contributed by atoms with Gasteiger partial charge in [-0.25, -0.2) is 4.79 Å². The second kappa shape index (κ2) is 9.82. The van der Waals surface area contributed by atoms with Crippen LogP contribution in [0, 0.1) is 0 Å². The molecular formula is C12H19N3O5. The van der Waals surface area contributed by atoms with Gasteiger partial charge in [-0.05, 0) is 12.8 Å². The number of nitrogens with one attached hydrogen (secondary N) is 1. The van der Waals surface area contributed by atoms with Crippen LogP contribution >= 0.6 is 0 Å². The predicted molar refractivity (Wildman–Crippen MR) is 69.0 cm³/mol. The van der Waals surface area contributed by atoms with Gasteiger partial charge in [-0.1, -0.05) is 19.8 Å². The molecular weight excluding hydrogens is 266 g/mol. The molecule has 0 saturated carbocycles. The molecule has 8 heteroatoms. The fourth-order valence-corrected chi connectivity index (χ4v) is 1.47. The number of hydrogen-bond donors (Lipinski definition) is 3. The summed E-state index contributed by atoms with van der Waals surface area (Å²) in [5, 5.41) is 20.6. The first-order chi connectivity index (χ1) is 9.42. The number of aliphatic carboxylic acids is 1. The Morgan fingerprint density at radius 2 is 2.00 bits per heavy atom. The Labute approximate surface area is 116 Å². The first-order valence-electron chi connectivity index (χ1n) is 6.33. The summed E-state index contributed by atoms with van der Waals surface area (Å²) in [6, 6.07) is -1.27. The van der Waals surface area contributed by atoms with Gasteiger partial charge in [-0.3, -0.25) is 9.59 Å². The van der Waals surface area contributed by atoms with Crippen molar-refractivity contribution >= 4 is 23.9 Å². The highest BCUT2D eigenvalue weighted by Crippen LogP contribution is 2.03. The van der Waals surface area contributed by atoms with Crippen molar-refractivity contribution < 1.29 is 29.4 Å². The maximum absolute atomic E-state index is 11.6. The number of rotatable bonds is 10. The zero-order valence-electron chi connectivity index (χ0n) is 11.3. The Morgan fingerprint density at radius 1 is 1.35 bits per heavy atom. The van der Waals surface area contributed by atoms with Crippen molar-refractivity contribution in [2.75, 3.05) is 0 Å². The van der Waals surface area contributed by atoms with E-state index in [1.807, 2.05) is 6.92 Å². The fourth-order valence-electron chi connectivity index (χ4n) is 1.47. The van der Waals surface area contributed by atoms with Crippen LogP contribution in [0.2, 0.25) is 0 Å². The van der Waals surface area contributed by atoms with Gasteiger partial charge in [-0.15, -0.1) is 0 Å². The number of aliphatic hydroxyl groups is 1. The maximum Gasteiger partial charge on any atom is 0.326 e. The van der Waals surface area contributed by atoms with Crippen LogP contribution in [0.5, 0.6) is 0 Å². The van der Waals surface area contributed by atoms with Gasteiger partial charge in [-0.2, -0.15) is 4.79 Å². The molecule has 0 rings (SSSR count). The lowest BCUT2D eigenvalue weighted by Crippen LogP contribution is -2.45. The molecule has 0 heterocycles. The lowest BCUT2D eigenvalue weighted by molar-refractivity contribution is -0.143. The normalized spacial score (nSPS) is 12.9. The topological polar surface area (TPSA) is 140 Å². The zero-order chi connectivity index (χ0) is 15.5. The molecule has 3 N–H and O–H groups in total. The molecule has 0 aliphatic heterocycles. The Bertz CT molecular complexity index is 404. The Kier molecular flexibility index (Phi) is 8.82. The lowest BCUT2D eigenvalue weighted by Gasteiger charge is -2.16. The maximum atomic E-state index is 11.6. The summed E-state index contributed by atoms with van der Waals surface area (Å²) in [5.74, 6) is -2.62. The minimum Gasteiger partial charge on any atom is -0.480 e. The number of aliphatic hydroxyl groups excluding tert-OH is 1. The number of carboxylic acids is 1. The Hall–Kier alpha value is -2.05. The van der Waals surface area contributed by atoms with Crippen molar-refractivity contribution in [1.29, 1.82) is 0 Å². The Balaban J connectivity index is 4.39. The average molecular weight is 285 g/mol. The summed E-state index contributed by atoms with van der Waals surface area (Å²) < 4.78 is 0. The quantitative estimate of drug-likeness (QED) is 0.288. The van der Waals surface area contributed by atoms with Crippen LogP contribution in [-0.2, 0) is 14.4 Å². The van der Waals surface area contributed by atoms with E-state index in [1.54, 1.807) is 0 Å². The van der Waals surface area contributed by atoms with E-state index >= 15 is 0 Å². The van der Waals surface area contributed by atoms with E-state index in [0.717, 1.165) is 6.42 Å². The summed E-state index contributed by atoms with van der Waals surface area (Å²) >= 11 is 0. The van der Waals surface area contributed by atoms with Crippen LogP contribution in [0.15, 0.2) is 0 Å². The third kappa shape index (κ3) is 7.40. The van der Waals surface area contributed by atoms with Gasteiger partial charge in [0, 0.05) is 6.42 Å². The summed E-state index contributed by atoms with van der Waals surface area (Å²) in [4.78, 5) is 36.1. The molecule has 0 spiro atoms.